The van der Waals surface area contributed by atoms with E-state index in [0.717, 1.165) is 6.61 Å². The van der Waals surface area contributed by atoms with Crippen LogP contribution in [0.1, 0.15) is 32.5 Å². The molecule has 0 radical (unpaired) electrons. The zero-order valence-corrected chi connectivity index (χ0v) is 10.5. The van der Waals surface area contributed by atoms with Crippen LogP contribution in [-0.4, -0.2) is 29.4 Å². The molecule has 0 aliphatic rings. The van der Waals surface area contributed by atoms with E-state index < -0.39 is 0 Å². The van der Waals surface area contributed by atoms with Crippen molar-refractivity contribution in [3.63, 3.8) is 0 Å². The SMILES string of the molecule is CCOCC(NCc1noc(C)n1)C(C)C. The van der Waals surface area contributed by atoms with Gasteiger partial charge in [-0.1, -0.05) is 19.0 Å². The smallest absolute Gasteiger partial charge is 0.223 e. The molecule has 0 fully saturated rings. The Morgan fingerprint density at radius 1 is 1.44 bits per heavy atom. The molecule has 1 N–H and O–H groups in total. The van der Waals surface area contributed by atoms with Crippen molar-refractivity contribution in [2.24, 2.45) is 5.92 Å². The van der Waals surface area contributed by atoms with Gasteiger partial charge in [0.1, 0.15) is 0 Å². The number of hydrogen-bond acceptors (Lipinski definition) is 5. The molecule has 1 heterocycles. The Labute approximate surface area is 96.6 Å². The van der Waals surface area contributed by atoms with Crippen LogP contribution in [0.5, 0.6) is 0 Å². The molecular formula is C11H21N3O2. The summed E-state index contributed by atoms with van der Waals surface area (Å²) in [6.45, 7) is 10.2. The minimum absolute atomic E-state index is 0.318. The van der Waals surface area contributed by atoms with E-state index in [2.05, 4.69) is 29.3 Å². The lowest BCUT2D eigenvalue weighted by atomic mass is 10.1. The molecule has 16 heavy (non-hydrogen) atoms. The monoisotopic (exact) mass is 227 g/mol. The van der Waals surface area contributed by atoms with Crippen molar-refractivity contribution >= 4 is 0 Å². The zero-order valence-electron chi connectivity index (χ0n) is 10.5. The molecule has 0 bridgehead atoms. The summed E-state index contributed by atoms with van der Waals surface area (Å²) < 4.78 is 10.3. The molecule has 1 rings (SSSR count). The van der Waals surface area contributed by atoms with E-state index >= 15 is 0 Å². The van der Waals surface area contributed by atoms with Gasteiger partial charge in [-0.3, -0.25) is 0 Å². The second kappa shape index (κ2) is 6.60. The standard InChI is InChI=1S/C11H21N3O2/c1-5-15-7-10(8(2)3)12-6-11-13-9(4)16-14-11/h8,10,12H,5-7H2,1-4H3. The Hall–Kier alpha value is -0.940. The number of hydrogen-bond donors (Lipinski definition) is 1. The second-order valence-electron chi connectivity index (χ2n) is 4.12. The third kappa shape index (κ3) is 4.28. The molecule has 0 saturated heterocycles. The molecule has 92 valence electrons. The lowest BCUT2D eigenvalue weighted by molar-refractivity contribution is 0.107. The van der Waals surface area contributed by atoms with Gasteiger partial charge in [0.15, 0.2) is 5.82 Å². The first-order valence-corrected chi connectivity index (χ1v) is 5.73. The van der Waals surface area contributed by atoms with Gasteiger partial charge in [0, 0.05) is 19.6 Å². The van der Waals surface area contributed by atoms with Gasteiger partial charge >= 0.3 is 0 Å². The minimum atomic E-state index is 0.318. The average molecular weight is 227 g/mol. The van der Waals surface area contributed by atoms with Crippen molar-refractivity contribution in [1.82, 2.24) is 15.5 Å². The summed E-state index contributed by atoms with van der Waals surface area (Å²) >= 11 is 0. The van der Waals surface area contributed by atoms with Crippen LogP contribution in [-0.2, 0) is 11.3 Å². The lowest BCUT2D eigenvalue weighted by Crippen LogP contribution is -2.37. The first-order chi connectivity index (χ1) is 7.63. The van der Waals surface area contributed by atoms with E-state index in [-0.39, 0.29) is 0 Å². The first-order valence-electron chi connectivity index (χ1n) is 5.73. The van der Waals surface area contributed by atoms with E-state index in [1.54, 1.807) is 6.92 Å². The Kier molecular flexibility index (Phi) is 5.42. The third-order valence-corrected chi connectivity index (χ3v) is 2.40. The Morgan fingerprint density at radius 3 is 2.69 bits per heavy atom. The maximum Gasteiger partial charge on any atom is 0.223 e. The number of nitrogens with one attached hydrogen (secondary N) is 1. The summed E-state index contributed by atoms with van der Waals surface area (Å²) in [5, 5.41) is 7.21. The highest BCUT2D eigenvalue weighted by atomic mass is 16.5. The second-order valence-corrected chi connectivity index (χ2v) is 4.12. The quantitative estimate of drug-likeness (QED) is 0.765. The van der Waals surface area contributed by atoms with Gasteiger partial charge in [-0.05, 0) is 12.8 Å². The van der Waals surface area contributed by atoms with Crippen molar-refractivity contribution in [2.75, 3.05) is 13.2 Å². The average Bonchev–Trinajstić information content (AvgIpc) is 2.64. The predicted octanol–water partition coefficient (Wildman–Crippen LogP) is 1.53. The van der Waals surface area contributed by atoms with Gasteiger partial charge in [-0.25, -0.2) is 0 Å². The van der Waals surface area contributed by atoms with Crippen molar-refractivity contribution in [2.45, 2.75) is 40.3 Å². The maximum absolute atomic E-state index is 5.42. The maximum atomic E-state index is 5.42. The first kappa shape index (κ1) is 13.1. The van der Waals surface area contributed by atoms with Crippen molar-refractivity contribution < 1.29 is 9.26 Å². The van der Waals surface area contributed by atoms with Crippen LogP contribution < -0.4 is 5.32 Å². The summed E-state index contributed by atoms with van der Waals surface area (Å²) in [4.78, 5) is 4.14. The number of rotatable bonds is 7. The number of nitrogens with zero attached hydrogens (tertiary/aromatic N) is 2. The van der Waals surface area contributed by atoms with Gasteiger partial charge in [-0.2, -0.15) is 4.98 Å². The Balaban J connectivity index is 2.37. The number of aryl methyl sites for hydroxylation is 1. The summed E-state index contributed by atoms with van der Waals surface area (Å²) in [6, 6.07) is 0.318. The van der Waals surface area contributed by atoms with Gasteiger partial charge in [0.05, 0.1) is 13.2 Å². The van der Waals surface area contributed by atoms with Gasteiger partial charge in [0.25, 0.3) is 0 Å². The fourth-order valence-corrected chi connectivity index (χ4v) is 1.37. The zero-order chi connectivity index (χ0) is 12.0. The third-order valence-electron chi connectivity index (χ3n) is 2.40. The van der Waals surface area contributed by atoms with E-state index in [1.807, 2.05) is 6.92 Å². The molecule has 5 nitrogen and oxygen atoms in total. The molecule has 5 heteroatoms. The van der Waals surface area contributed by atoms with Gasteiger partial charge < -0.3 is 14.6 Å². The highest BCUT2D eigenvalue weighted by Gasteiger charge is 2.13. The van der Waals surface area contributed by atoms with Crippen LogP contribution in [0.15, 0.2) is 4.52 Å². The van der Waals surface area contributed by atoms with Crippen molar-refractivity contribution in [3.05, 3.63) is 11.7 Å². The van der Waals surface area contributed by atoms with E-state index in [4.69, 9.17) is 9.26 Å². The Bertz CT molecular complexity index is 299. The molecule has 1 aromatic rings. The summed E-state index contributed by atoms with van der Waals surface area (Å²) in [7, 11) is 0. The summed E-state index contributed by atoms with van der Waals surface area (Å²) in [5.74, 6) is 1.81. The number of aromatic nitrogens is 2. The molecular weight excluding hydrogens is 206 g/mol. The van der Waals surface area contributed by atoms with E-state index in [9.17, 15) is 0 Å². The van der Waals surface area contributed by atoms with Crippen molar-refractivity contribution in [1.29, 1.82) is 0 Å². The molecule has 0 saturated carbocycles. The van der Waals surface area contributed by atoms with Crippen LogP contribution in [0.25, 0.3) is 0 Å². The minimum Gasteiger partial charge on any atom is -0.380 e. The number of ether oxygens (including phenoxy) is 1. The van der Waals surface area contributed by atoms with Crippen LogP contribution >= 0.6 is 0 Å². The fourth-order valence-electron chi connectivity index (χ4n) is 1.37. The van der Waals surface area contributed by atoms with Crippen LogP contribution in [0, 0.1) is 12.8 Å². The Morgan fingerprint density at radius 2 is 2.19 bits per heavy atom. The molecule has 1 aromatic heterocycles. The van der Waals surface area contributed by atoms with E-state index in [0.29, 0.717) is 36.8 Å². The molecule has 1 unspecified atom stereocenters. The highest BCUT2D eigenvalue weighted by Crippen LogP contribution is 2.04. The van der Waals surface area contributed by atoms with Crippen LogP contribution in [0.3, 0.4) is 0 Å². The highest BCUT2D eigenvalue weighted by molar-refractivity contribution is 4.84. The summed E-state index contributed by atoms with van der Waals surface area (Å²) in [5.41, 5.74) is 0. The van der Waals surface area contributed by atoms with Crippen LogP contribution in [0.4, 0.5) is 0 Å². The molecule has 0 aliphatic carbocycles. The fraction of sp³-hybridized carbons (Fsp3) is 0.818. The van der Waals surface area contributed by atoms with Gasteiger partial charge in [-0.15, -0.1) is 0 Å². The lowest BCUT2D eigenvalue weighted by Gasteiger charge is -2.21. The van der Waals surface area contributed by atoms with Crippen molar-refractivity contribution in [3.8, 4) is 0 Å². The molecule has 0 spiro atoms. The van der Waals surface area contributed by atoms with E-state index in [1.165, 1.54) is 0 Å². The summed E-state index contributed by atoms with van der Waals surface area (Å²) in [6.07, 6.45) is 0. The predicted molar refractivity (Wildman–Crippen MR) is 61.0 cm³/mol. The molecule has 0 aliphatic heterocycles. The molecule has 1 atom stereocenters. The largest absolute Gasteiger partial charge is 0.380 e. The van der Waals surface area contributed by atoms with Gasteiger partial charge in [0.2, 0.25) is 5.89 Å². The molecule has 0 amide bonds. The normalized spacial score (nSPS) is 13.3. The van der Waals surface area contributed by atoms with Crippen LogP contribution in [0.2, 0.25) is 0 Å². The molecule has 0 aromatic carbocycles. The topological polar surface area (TPSA) is 60.2 Å².